The van der Waals surface area contributed by atoms with Crippen LogP contribution in [0.5, 0.6) is 0 Å². The van der Waals surface area contributed by atoms with Crippen molar-refractivity contribution in [1.82, 2.24) is 14.3 Å². The monoisotopic (exact) mass is 600 g/mol. The number of fused-ring (bicyclic) bond motifs is 1. The maximum absolute atomic E-state index is 13.4. The number of anilines is 1. The molecule has 4 aromatic carbocycles. The Balaban J connectivity index is 1.22. The summed E-state index contributed by atoms with van der Waals surface area (Å²) in [5.41, 5.74) is 4.06. The van der Waals surface area contributed by atoms with Crippen LogP contribution in [0.15, 0.2) is 91.0 Å². The summed E-state index contributed by atoms with van der Waals surface area (Å²) in [6.45, 7) is 5.28. The molecule has 4 aromatic rings. The molecule has 2 amide bonds. The van der Waals surface area contributed by atoms with Crippen LogP contribution in [0.2, 0.25) is 0 Å². The second kappa shape index (κ2) is 13.3. The summed E-state index contributed by atoms with van der Waals surface area (Å²) in [5.74, 6) is -0.169. The minimum Gasteiger partial charge on any atom is -0.444 e. The van der Waals surface area contributed by atoms with E-state index in [0.717, 1.165) is 33.2 Å². The number of rotatable bonds is 8. The molecule has 0 bridgehead atoms. The van der Waals surface area contributed by atoms with E-state index in [1.54, 1.807) is 12.1 Å². The largest absolute Gasteiger partial charge is 0.444 e. The van der Waals surface area contributed by atoms with E-state index in [4.69, 9.17) is 4.74 Å². The molecule has 1 fully saturated rings. The molecule has 1 unspecified atom stereocenters. The van der Waals surface area contributed by atoms with Gasteiger partial charge in [-0.15, -0.1) is 0 Å². The van der Waals surface area contributed by atoms with E-state index in [-0.39, 0.29) is 31.6 Å². The van der Waals surface area contributed by atoms with Gasteiger partial charge >= 0.3 is 16.3 Å². The molecule has 2 N–H and O–H groups in total. The van der Waals surface area contributed by atoms with Crippen LogP contribution in [0.4, 0.5) is 10.5 Å². The van der Waals surface area contributed by atoms with Crippen LogP contribution in [-0.4, -0.2) is 50.9 Å². The average Bonchev–Trinajstić information content (AvgIpc) is 3.27. The first kappa shape index (κ1) is 30.1. The van der Waals surface area contributed by atoms with Gasteiger partial charge in [-0.1, -0.05) is 78.9 Å². The predicted octanol–water partition coefficient (Wildman–Crippen LogP) is 5.32. The summed E-state index contributed by atoms with van der Waals surface area (Å²) in [5, 5.41) is 5.38. The summed E-state index contributed by atoms with van der Waals surface area (Å²) in [6, 6.07) is 28.8. The van der Waals surface area contributed by atoms with Crippen molar-refractivity contribution in [2.24, 2.45) is 0 Å². The van der Waals surface area contributed by atoms with E-state index in [1.807, 2.05) is 79.2 Å². The summed E-state index contributed by atoms with van der Waals surface area (Å²) in [4.78, 5) is 27.7. The fourth-order valence-electron chi connectivity index (χ4n) is 5.35. The minimum absolute atomic E-state index is 0.0278. The third-order valence-electron chi connectivity index (χ3n) is 7.69. The zero-order valence-electron chi connectivity index (χ0n) is 24.3. The maximum Gasteiger partial charge on any atom is 0.422 e. The Bertz CT molecular complexity index is 1710. The molecule has 5 rings (SSSR count). The van der Waals surface area contributed by atoms with Gasteiger partial charge in [-0.2, -0.15) is 12.7 Å². The van der Waals surface area contributed by atoms with Crippen LogP contribution in [0.3, 0.4) is 0 Å². The lowest BCUT2D eigenvalue weighted by atomic mass is 9.99. The molecule has 1 aliphatic heterocycles. The highest BCUT2D eigenvalue weighted by atomic mass is 32.2. The molecule has 0 radical (unpaired) electrons. The van der Waals surface area contributed by atoms with Crippen molar-refractivity contribution in [3.8, 4) is 0 Å². The Kier molecular flexibility index (Phi) is 9.27. The first-order chi connectivity index (χ1) is 20.7. The molecular formula is C33H36N4O5S. The second-order valence-electron chi connectivity index (χ2n) is 10.7. The van der Waals surface area contributed by atoms with Gasteiger partial charge in [0.15, 0.2) is 0 Å². The van der Waals surface area contributed by atoms with Gasteiger partial charge in [0.2, 0.25) is 0 Å². The standard InChI is InChI=1S/C33H36N4O5S/c1-24-16-17-28(22-31(24)32(38)34-25(2)29-15-8-13-27-12-6-7-14-30(27)29)36-18-9-19-37(21-20-36)43(40,41)35-33(39)42-23-26-10-4-3-5-11-26/h3-8,10-17,22,25H,9,18-21,23H2,1-2H3,(H,34,38)(H,35,39). The van der Waals surface area contributed by atoms with Crippen molar-refractivity contribution >= 4 is 38.7 Å². The lowest BCUT2D eigenvalue weighted by molar-refractivity contribution is 0.0939. The zero-order chi connectivity index (χ0) is 30.4. The van der Waals surface area contributed by atoms with Gasteiger partial charge in [0.25, 0.3) is 5.91 Å². The van der Waals surface area contributed by atoms with E-state index in [1.165, 1.54) is 4.31 Å². The lowest BCUT2D eigenvalue weighted by Gasteiger charge is -2.25. The number of carbonyl (C=O) groups is 2. The van der Waals surface area contributed by atoms with E-state index >= 15 is 0 Å². The molecular weight excluding hydrogens is 564 g/mol. The molecule has 10 heteroatoms. The SMILES string of the molecule is Cc1ccc(N2CCCN(S(=O)(=O)NC(=O)OCc3ccccc3)CC2)cc1C(=O)NC(C)c1cccc2ccccc12. The Morgan fingerprint density at radius 2 is 1.63 bits per heavy atom. The van der Waals surface area contributed by atoms with Gasteiger partial charge in [-0.3, -0.25) is 4.79 Å². The summed E-state index contributed by atoms with van der Waals surface area (Å²) < 4.78 is 34.2. The molecule has 1 atom stereocenters. The molecule has 43 heavy (non-hydrogen) atoms. The van der Waals surface area contributed by atoms with Crippen LogP contribution >= 0.6 is 0 Å². The highest BCUT2D eigenvalue weighted by molar-refractivity contribution is 7.87. The van der Waals surface area contributed by atoms with Crippen LogP contribution < -0.4 is 14.9 Å². The number of ether oxygens (including phenoxy) is 1. The van der Waals surface area contributed by atoms with Crippen molar-refractivity contribution in [3.63, 3.8) is 0 Å². The second-order valence-corrected chi connectivity index (χ2v) is 12.3. The van der Waals surface area contributed by atoms with E-state index in [0.29, 0.717) is 25.1 Å². The van der Waals surface area contributed by atoms with E-state index in [2.05, 4.69) is 28.4 Å². The lowest BCUT2D eigenvalue weighted by Crippen LogP contribution is -2.45. The highest BCUT2D eigenvalue weighted by Gasteiger charge is 2.28. The van der Waals surface area contributed by atoms with Gasteiger partial charge in [-0.05, 0) is 59.9 Å². The molecule has 9 nitrogen and oxygen atoms in total. The number of amides is 2. The van der Waals surface area contributed by atoms with Gasteiger partial charge in [-0.25, -0.2) is 9.52 Å². The average molecular weight is 601 g/mol. The molecule has 0 saturated carbocycles. The normalized spacial score (nSPS) is 15.0. The Morgan fingerprint density at radius 1 is 0.884 bits per heavy atom. The van der Waals surface area contributed by atoms with Crippen molar-refractivity contribution in [1.29, 1.82) is 0 Å². The fraction of sp³-hybridized carbons (Fsp3) is 0.273. The predicted molar refractivity (Wildman–Crippen MR) is 168 cm³/mol. The third-order valence-corrected chi connectivity index (χ3v) is 9.16. The number of benzene rings is 4. The van der Waals surface area contributed by atoms with Crippen LogP contribution in [0.25, 0.3) is 10.8 Å². The molecule has 224 valence electrons. The van der Waals surface area contributed by atoms with Crippen molar-refractivity contribution in [2.45, 2.75) is 32.9 Å². The van der Waals surface area contributed by atoms with Crippen LogP contribution in [0.1, 0.15) is 46.4 Å². The van der Waals surface area contributed by atoms with Gasteiger partial charge in [0.1, 0.15) is 6.61 Å². The molecule has 0 aliphatic carbocycles. The van der Waals surface area contributed by atoms with Gasteiger partial charge in [0.05, 0.1) is 6.04 Å². The molecule has 1 heterocycles. The smallest absolute Gasteiger partial charge is 0.422 e. The Morgan fingerprint density at radius 3 is 2.44 bits per heavy atom. The molecule has 1 aliphatic rings. The summed E-state index contributed by atoms with van der Waals surface area (Å²) in [6.07, 6.45) is -0.468. The minimum atomic E-state index is -4.08. The summed E-state index contributed by atoms with van der Waals surface area (Å²) in [7, 11) is -4.08. The van der Waals surface area contributed by atoms with Gasteiger partial charge in [0, 0.05) is 37.4 Å². The van der Waals surface area contributed by atoms with Crippen LogP contribution in [0, 0.1) is 6.92 Å². The number of nitrogens with one attached hydrogen (secondary N) is 2. The van der Waals surface area contributed by atoms with Crippen molar-refractivity contribution < 1.29 is 22.7 Å². The number of hydrogen-bond acceptors (Lipinski definition) is 6. The van der Waals surface area contributed by atoms with E-state index in [9.17, 15) is 18.0 Å². The highest BCUT2D eigenvalue weighted by Crippen LogP contribution is 2.26. The Hall–Kier alpha value is -4.41. The van der Waals surface area contributed by atoms with E-state index < -0.39 is 16.3 Å². The van der Waals surface area contributed by atoms with Crippen molar-refractivity contribution in [2.75, 3.05) is 31.1 Å². The maximum atomic E-state index is 13.4. The quantitative estimate of drug-likeness (QED) is 0.283. The number of nitrogens with zero attached hydrogens (tertiary/aromatic N) is 2. The zero-order valence-corrected chi connectivity index (χ0v) is 25.1. The number of carbonyl (C=O) groups excluding carboxylic acids is 2. The Labute approximate surface area is 252 Å². The first-order valence-electron chi connectivity index (χ1n) is 14.3. The topological polar surface area (TPSA) is 108 Å². The number of aryl methyl sites for hydroxylation is 1. The first-order valence-corrected chi connectivity index (χ1v) is 15.8. The molecule has 1 saturated heterocycles. The fourth-order valence-corrected chi connectivity index (χ4v) is 6.44. The molecule has 0 aromatic heterocycles. The third kappa shape index (κ3) is 7.33. The van der Waals surface area contributed by atoms with Crippen LogP contribution in [-0.2, 0) is 21.6 Å². The summed E-state index contributed by atoms with van der Waals surface area (Å²) >= 11 is 0. The van der Waals surface area contributed by atoms with Crippen molar-refractivity contribution in [3.05, 3.63) is 113 Å². The van der Waals surface area contributed by atoms with Gasteiger partial charge < -0.3 is 15.0 Å². The number of hydrogen-bond donors (Lipinski definition) is 2. The molecule has 0 spiro atoms.